The zero-order valence-electron chi connectivity index (χ0n) is 20.9. The summed E-state index contributed by atoms with van der Waals surface area (Å²) in [5.74, 6) is 1.14. The summed E-state index contributed by atoms with van der Waals surface area (Å²) in [5.41, 5.74) is 1.78. The van der Waals surface area contributed by atoms with Crippen molar-refractivity contribution in [3.8, 4) is 5.75 Å². The van der Waals surface area contributed by atoms with Gasteiger partial charge in [-0.3, -0.25) is 4.79 Å². The Balaban J connectivity index is 1.44. The monoisotopic (exact) mass is 479 g/mol. The second kappa shape index (κ2) is 11.7. The molecule has 1 aliphatic heterocycles. The van der Waals surface area contributed by atoms with E-state index in [1.54, 1.807) is 12.1 Å². The molecule has 2 aromatic rings. The normalized spacial score (nSPS) is 18.9. The molecule has 6 nitrogen and oxygen atoms in total. The molecule has 1 saturated carbocycles. The summed E-state index contributed by atoms with van der Waals surface area (Å²) in [4.78, 5) is 25.4. The lowest BCUT2D eigenvalue weighted by Gasteiger charge is -2.37. The molecule has 188 valence electrons. The molecule has 0 spiro atoms. The van der Waals surface area contributed by atoms with Crippen LogP contribution in [0.1, 0.15) is 79.4 Å². The number of nitrogens with one attached hydrogen (secondary N) is 1. The number of hydrogen-bond donors (Lipinski definition) is 1. The van der Waals surface area contributed by atoms with Crippen LogP contribution >= 0.6 is 0 Å². The fourth-order valence-electron chi connectivity index (χ4n) is 5.25. The van der Waals surface area contributed by atoms with Crippen LogP contribution in [0.25, 0.3) is 0 Å². The average molecular weight is 480 g/mol. The lowest BCUT2D eigenvalue weighted by molar-refractivity contribution is -0.131. The molecule has 1 unspecified atom stereocenters. The Morgan fingerprint density at radius 1 is 1.00 bits per heavy atom. The number of hydrogen-bond acceptors (Lipinski definition) is 5. The van der Waals surface area contributed by atoms with Crippen molar-refractivity contribution >= 4 is 11.9 Å². The lowest BCUT2D eigenvalue weighted by atomic mass is 9.73. The summed E-state index contributed by atoms with van der Waals surface area (Å²) >= 11 is 0. The van der Waals surface area contributed by atoms with Crippen molar-refractivity contribution in [3.63, 3.8) is 0 Å². The molecule has 1 atom stereocenters. The Kier molecular flexibility index (Phi) is 8.45. The number of carbonyl (C=O) groups is 2. The van der Waals surface area contributed by atoms with Crippen molar-refractivity contribution in [2.24, 2.45) is 5.92 Å². The first-order valence-corrected chi connectivity index (χ1v) is 12.8. The quantitative estimate of drug-likeness (QED) is 0.516. The number of amides is 1. The zero-order chi connectivity index (χ0) is 24.7. The molecule has 2 aromatic carbocycles. The molecule has 2 aliphatic rings. The molecule has 0 bridgehead atoms. The first-order valence-electron chi connectivity index (χ1n) is 12.8. The highest BCUT2D eigenvalue weighted by atomic mass is 16.5. The van der Waals surface area contributed by atoms with Gasteiger partial charge in [0.2, 0.25) is 5.91 Å². The van der Waals surface area contributed by atoms with E-state index in [9.17, 15) is 9.59 Å². The third-order valence-electron chi connectivity index (χ3n) is 7.58. The van der Waals surface area contributed by atoms with E-state index in [-0.39, 0.29) is 17.9 Å². The van der Waals surface area contributed by atoms with Crippen molar-refractivity contribution in [3.05, 3.63) is 65.2 Å². The second-order valence-corrected chi connectivity index (χ2v) is 9.84. The van der Waals surface area contributed by atoms with Gasteiger partial charge >= 0.3 is 5.97 Å². The molecule has 0 radical (unpaired) electrons. The van der Waals surface area contributed by atoms with Gasteiger partial charge in [0.25, 0.3) is 0 Å². The number of ether oxygens (including phenoxy) is 3. The van der Waals surface area contributed by atoms with E-state index in [1.165, 1.54) is 39.2 Å². The first-order chi connectivity index (χ1) is 17.0. The van der Waals surface area contributed by atoms with Crippen LogP contribution < -0.4 is 10.1 Å². The molecule has 2 fully saturated rings. The van der Waals surface area contributed by atoms with Crippen LogP contribution in [-0.2, 0) is 19.7 Å². The van der Waals surface area contributed by atoms with Crippen LogP contribution in [0.15, 0.2) is 48.5 Å². The van der Waals surface area contributed by atoms with Gasteiger partial charge < -0.3 is 19.5 Å². The maximum absolute atomic E-state index is 13.7. The summed E-state index contributed by atoms with van der Waals surface area (Å²) < 4.78 is 16.5. The van der Waals surface area contributed by atoms with Crippen LogP contribution in [0, 0.1) is 5.92 Å². The summed E-state index contributed by atoms with van der Waals surface area (Å²) in [5, 5.41) is 3.21. The Labute approximate surface area is 208 Å². The third-order valence-corrected chi connectivity index (χ3v) is 7.58. The summed E-state index contributed by atoms with van der Waals surface area (Å²) in [6.45, 7) is 3.83. The van der Waals surface area contributed by atoms with Gasteiger partial charge in [0.1, 0.15) is 5.75 Å². The number of methoxy groups -OCH3 is 1. The zero-order valence-corrected chi connectivity index (χ0v) is 20.9. The molecule has 1 saturated heterocycles. The van der Waals surface area contributed by atoms with Crippen molar-refractivity contribution in [2.75, 3.05) is 26.9 Å². The first kappa shape index (κ1) is 25.2. The second-order valence-electron chi connectivity index (χ2n) is 9.84. The molecule has 4 rings (SSSR count). The Morgan fingerprint density at radius 2 is 1.66 bits per heavy atom. The van der Waals surface area contributed by atoms with Crippen molar-refractivity contribution in [1.29, 1.82) is 0 Å². The highest BCUT2D eigenvalue weighted by molar-refractivity contribution is 5.90. The summed E-state index contributed by atoms with van der Waals surface area (Å²) in [6.07, 6.45) is 7.73. The minimum atomic E-state index is -0.639. The maximum atomic E-state index is 13.7. The van der Waals surface area contributed by atoms with Crippen molar-refractivity contribution in [2.45, 2.75) is 63.3 Å². The van der Waals surface area contributed by atoms with E-state index in [1.807, 2.05) is 43.3 Å². The number of esters is 1. The number of benzene rings is 2. The molecule has 1 N–H and O–H groups in total. The Morgan fingerprint density at radius 3 is 2.29 bits per heavy atom. The number of rotatable bonds is 8. The van der Waals surface area contributed by atoms with Gasteiger partial charge in [0, 0.05) is 13.2 Å². The molecule has 1 heterocycles. The standard InChI is InChI=1S/C29H37NO5/c1-21(23-8-10-24(11-9-23)27(31)33-2)30-28(32)29(16-18-34-19-17-29)25-12-14-26(15-13-25)35-20-22-6-4-3-5-7-22/h8-15,21-22H,3-7,16-20H2,1-2H3,(H,30,32). The van der Waals surface area contributed by atoms with Crippen LogP contribution in [0.3, 0.4) is 0 Å². The van der Waals surface area contributed by atoms with E-state index < -0.39 is 5.41 Å². The minimum absolute atomic E-state index is 0.00113. The van der Waals surface area contributed by atoms with Gasteiger partial charge in [-0.15, -0.1) is 0 Å². The molecular formula is C29H37NO5. The van der Waals surface area contributed by atoms with Crippen LogP contribution in [0.5, 0.6) is 5.75 Å². The molecule has 0 aromatic heterocycles. The van der Waals surface area contributed by atoms with Gasteiger partial charge in [-0.25, -0.2) is 4.79 Å². The highest BCUT2D eigenvalue weighted by Gasteiger charge is 2.42. The molecule has 35 heavy (non-hydrogen) atoms. The molecule has 6 heteroatoms. The minimum Gasteiger partial charge on any atom is -0.493 e. The van der Waals surface area contributed by atoms with Crippen molar-refractivity contribution < 1.29 is 23.8 Å². The molecule has 1 aliphatic carbocycles. The Hall–Kier alpha value is -2.86. The maximum Gasteiger partial charge on any atom is 0.337 e. The van der Waals surface area contributed by atoms with Crippen molar-refractivity contribution in [1.82, 2.24) is 5.32 Å². The van der Waals surface area contributed by atoms with Gasteiger partial charge in [-0.05, 0) is 73.9 Å². The van der Waals surface area contributed by atoms with E-state index in [2.05, 4.69) is 5.32 Å². The Bertz CT molecular complexity index is 973. The topological polar surface area (TPSA) is 73.9 Å². The molecule has 1 amide bonds. The van der Waals surface area contributed by atoms with Gasteiger partial charge in [0.05, 0.1) is 30.7 Å². The predicted octanol–water partition coefficient (Wildman–Crippen LogP) is 5.36. The predicted molar refractivity (Wildman–Crippen MR) is 135 cm³/mol. The average Bonchev–Trinajstić information content (AvgIpc) is 2.92. The largest absolute Gasteiger partial charge is 0.493 e. The van der Waals surface area contributed by atoms with E-state index in [0.29, 0.717) is 37.5 Å². The smallest absolute Gasteiger partial charge is 0.337 e. The van der Waals surface area contributed by atoms with Gasteiger partial charge in [-0.1, -0.05) is 43.5 Å². The van der Waals surface area contributed by atoms with E-state index in [4.69, 9.17) is 14.2 Å². The fourth-order valence-corrected chi connectivity index (χ4v) is 5.25. The van der Waals surface area contributed by atoms with Crippen LogP contribution in [0.2, 0.25) is 0 Å². The van der Waals surface area contributed by atoms with Crippen LogP contribution in [-0.4, -0.2) is 38.8 Å². The number of carbonyl (C=O) groups excluding carboxylic acids is 2. The van der Waals surface area contributed by atoms with E-state index >= 15 is 0 Å². The van der Waals surface area contributed by atoms with Gasteiger partial charge in [0.15, 0.2) is 0 Å². The fraction of sp³-hybridized carbons (Fsp3) is 0.517. The van der Waals surface area contributed by atoms with Gasteiger partial charge in [-0.2, -0.15) is 0 Å². The third kappa shape index (κ3) is 6.04. The van der Waals surface area contributed by atoms with E-state index in [0.717, 1.165) is 23.5 Å². The summed E-state index contributed by atoms with van der Waals surface area (Å²) in [6, 6.07) is 15.0. The highest BCUT2D eigenvalue weighted by Crippen LogP contribution is 2.37. The SMILES string of the molecule is COC(=O)c1ccc(C(C)NC(=O)C2(c3ccc(OCC4CCCCC4)cc3)CCOCC2)cc1. The summed E-state index contributed by atoms with van der Waals surface area (Å²) in [7, 11) is 1.36. The lowest BCUT2D eigenvalue weighted by Crippen LogP contribution is -2.48. The molecular weight excluding hydrogens is 442 g/mol. The van der Waals surface area contributed by atoms with Crippen LogP contribution in [0.4, 0.5) is 0 Å².